The summed E-state index contributed by atoms with van der Waals surface area (Å²) in [5, 5.41) is 3.30. The number of hydrogen-bond donors (Lipinski definition) is 2. The number of hydrogen-bond acceptors (Lipinski definition) is 5. The third-order valence-electron chi connectivity index (χ3n) is 3.58. The lowest BCUT2D eigenvalue weighted by atomic mass is 10.3. The molecule has 1 saturated heterocycles. The Kier molecular flexibility index (Phi) is 6.64. The van der Waals surface area contributed by atoms with Crippen molar-refractivity contribution >= 4 is 26.0 Å². The van der Waals surface area contributed by atoms with Crippen LogP contribution in [0.2, 0.25) is 0 Å². The van der Waals surface area contributed by atoms with E-state index >= 15 is 0 Å². The molecule has 1 fully saturated rings. The summed E-state index contributed by atoms with van der Waals surface area (Å²) < 4.78 is 32.8. The van der Waals surface area contributed by atoms with E-state index in [1.165, 1.54) is 0 Å². The molecule has 1 aromatic rings. The SMILES string of the molecule is COc1ccc(S(=O)(=O)NCCCN2CCNCC2)c(Br)c1. The van der Waals surface area contributed by atoms with Crippen molar-refractivity contribution in [1.82, 2.24) is 14.9 Å². The zero-order valence-corrected chi connectivity index (χ0v) is 15.0. The van der Waals surface area contributed by atoms with Gasteiger partial charge in [0.15, 0.2) is 0 Å². The van der Waals surface area contributed by atoms with E-state index in [-0.39, 0.29) is 4.90 Å². The summed E-state index contributed by atoms with van der Waals surface area (Å²) in [6, 6.07) is 4.83. The largest absolute Gasteiger partial charge is 0.497 e. The summed E-state index contributed by atoms with van der Waals surface area (Å²) in [5.41, 5.74) is 0. The van der Waals surface area contributed by atoms with Gasteiger partial charge in [-0.2, -0.15) is 0 Å². The van der Waals surface area contributed by atoms with Crippen LogP contribution in [-0.2, 0) is 10.0 Å². The van der Waals surface area contributed by atoms with Crippen LogP contribution in [0.15, 0.2) is 27.6 Å². The molecule has 0 bridgehead atoms. The Bertz CT molecular complexity index is 589. The molecule has 1 aliphatic rings. The van der Waals surface area contributed by atoms with Gasteiger partial charge in [-0.3, -0.25) is 0 Å². The van der Waals surface area contributed by atoms with Crippen molar-refractivity contribution in [3.63, 3.8) is 0 Å². The normalized spacial score (nSPS) is 16.6. The molecule has 22 heavy (non-hydrogen) atoms. The van der Waals surface area contributed by atoms with Crippen molar-refractivity contribution in [1.29, 1.82) is 0 Å². The van der Waals surface area contributed by atoms with Crippen LogP contribution in [0.5, 0.6) is 5.75 Å². The maximum atomic E-state index is 12.3. The number of piperazine rings is 1. The highest BCUT2D eigenvalue weighted by Gasteiger charge is 2.18. The molecule has 0 amide bonds. The summed E-state index contributed by atoms with van der Waals surface area (Å²) in [6.45, 7) is 5.40. The van der Waals surface area contributed by atoms with Crippen molar-refractivity contribution in [2.75, 3.05) is 46.4 Å². The van der Waals surface area contributed by atoms with Crippen LogP contribution in [0.4, 0.5) is 0 Å². The van der Waals surface area contributed by atoms with Gasteiger partial charge in [0, 0.05) is 37.2 Å². The zero-order valence-electron chi connectivity index (χ0n) is 12.6. The van der Waals surface area contributed by atoms with E-state index in [0.29, 0.717) is 16.8 Å². The number of nitrogens with one attached hydrogen (secondary N) is 2. The van der Waals surface area contributed by atoms with Gasteiger partial charge in [0.2, 0.25) is 10.0 Å². The van der Waals surface area contributed by atoms with Gasteiger partial charge < -0.3 is 15.0 Å². The maximum Gasteiger partial charge on any atom is 0.241 e. The number of sulfonamides is 1. The molecule has 124 valence electrons. The van der Waals surface area contributed by atoms with E-state index in [2.05, 4.69) is 30.9 Å². The number of benzene rings is 1. The third kappa shape index (κ3) is 4.92. The van der Waals surface area contributed by atoms with Crippen molar-refractivity contribution < 1.29 is 13.2 Å². The van der Waals surface area contributed by atoms with Crippen molar-refractivity contribution in [3.8, 4) is 5.75 Å². The first kappa shape index (κ1) is 17.7. The van der Waals surface area contributed by atoms with E-state index in [1.807, 2.05) is 0 Å². The number of nitrogens with zero attached hydrogens (tertiary/aromatic N) is 1. The van der Waals surface area contributed by atoms with E-state index in [0.717, 1.165) is 39.1 Å². The smallest absolute Gasteiger partial charge is 0.241 e. The second-order valence-corrected chi connectivity index (χ2v) is 7.73. The highest BCUT2D eigenvalue weighted by Crippen LogP contribution is 2.26. The van der Waals surface area contributed by atoms with E-state index in [9.17, 15) is 8.42 Å². The first-order valence-electron chi connectivity index (χ1n) is 7.29. The van der Waals surface area contributed by atoms with Gasteiger partial charge in [-0.15, -0.1) is 0 Å². The number of rotatable bonds is 7. The van der Waals surface area contributed by atoms with Crippen molar-refractivity contribution in [3.05, 3.63) is 22.7 Å². The molecular weight excluding hydrogens is 370 g/mol. The summed E-state index contributed by atoms with van der Waals surface area (Å²) in [7, 11) is -1.96. The fourth-order valence-electron chi connectivity index (χ4n) is 2.35. The van der Waals surface area contributed by atoms with Gasteiger partial charge in [-0.05, 0) is 47.1 Å². The van der Waals surface area contributed by atoms with E-state index in [4.69, 9.17) is 4.74 Å². The van der Waals surface area contributed by atoms with Crippen molar-refractivity contribution in [2.45, 2.75) is 11.3 Å². The van der Waals surface area contributed by atoms with Crippen LogP contribution >= 0.6 is 15.9 Å². The second-order valence-electron chi connectivity index (χ2n) is 5.14. The molecule has 0 aliphatic carbocycles. The Hall–Kier alpha value is -0.670. The molecule has 0 saturated carbocycles. The van der Waals surface area contributed by atoms with Crippen LogP contribution in [0.25, 0.3) is 0 Å². The van der Waals surface area contributed by atoms with Crippen molar-refractivity contribution in [2.24, 2.45) is 0 Å². The lowest BCUT2D eigenvalue weighted by molar-refractivity contribution is 0.239. The molecule has 8 heteroatoms. The predicted molar refractivity (Wildman–Crippen MR) is 89.8 cm³/mol. The molecule has 1 aromatic carbocycles. The number of halogens is 1. The first-order valence-corrected chi connectivity index (χ1v) is 9.57. The number of methoxy groups -OCH3 is 1. The third-order valence-corrected chi connectivity index (χ3v) is 6.02. The lowest BCUT2D eigenvalue weighted by Crippen LogP contribution is -2.44. The van der Waals surface area contributed by atoms with E-state index < -0.39 is 10.0 Å². The van der Waals surface area contributed by atoms with Crippen LogP contribution in [0, 0.1) is 0 Å². The van der Waals surface area contributed by atoms with Gasteiger partial charge >= 0.3 is 0 Å². The Labute approximate surface area is 140 Å². The summed E-state index contributed by atoms with van der Waals surface area (Å²) in [5.74, 6) is 0.615. The zero-order chi connectivity index (χ0) is 16.0. The highest BCUT2D eigenvalue weighted by molar-refractivity contribution is 9.10. The minimum atomic E-state index is -3.50. The minimum absolute atomic E-state index is 0.232. The molecule has 1 heterocycles. The standard InChI is InChI=1S/C14H22BrN3O3S/c1-21-12-3-4-14(13(15)11-12)22(19,20)17-5-2-8-18-9-6-16-7-10-18/h3-4,11,16-17H,2,5-10H2,1H3. The predicted octanol–water partition coefficient (Wildman–Crippen LogP) is 1.03. The summed E-state index contributed by atoms with van der Waals surface area (Å²) >= 11 is 3.28. The topological polar surface area (TPSA) is 70.7 Å². The van der Waals surface area contributed by atoms with Gasteiger partial charge in [-0.1, -0.05) is 0 Å². The molecule has 0 atom stereocenters. The molecule has 0 aromatic heterocycles. The Morgan fingerprint density at radius 3 is 2.73 bits per heavy atom. The van der Waals surface area contributed by atoms with Crippen LogP contribution in [0.1, 0.15) is 6.42 Å². The van der Waals surface area contributed by atoms with E-state index in [1.54, 1.807) is 25.3 Å². The monoisotopic (exact) mass is 391 g/mol. The lowest BCUT2D eigenvalue weighted by Gasteiger charge is -2.27. The Morgan fingerprint density at radius 2 is 2.09 bits per heavy atom. The van der Waals surface area contributed by atoms with Gasteiger partial charge in [0.25, 0.3) is 0 Å². The maximum absolute atomic E-state index is 12.3. The molecule has 1 aliphatic heterocycles. The molecular formula is C14H22BrN3O3S. The Morgan fingerprint density at radius 1 is 1.36 bits per heavy atom. The quantitative estimate of drug-likeness (QED) is 0.679. The van der Waals surface area contributed by atoms with Crippen LogP contribution < -0.4 is 14.8 Å². The summed E-state index contributed by atoms with van der Waals surface area (Å²) in [4.78, 5) is 2.57. The first-order chi connectivity index (χ1) is 10.5. The molecule has 0 unspecified atom stereocenters. The molecule has 2 N–H and O–H groups in total. The molecule has 0 spiro atoms. The highest BCUT2D eigenvalue weighted by atomic mass is 79.9. The average Bonchev–Trinajstić information content (AvgIpc) is 2.52. The molecule has 0 radical (unpaired) electrons. The van der Waals surface area contributed by atoms with Crippen LogP contribution in [0.3, 0.4) is 0 Å². The molecule has 6 nitrogen and oxygen atoms in total. The van der Waals surface area contributed by atoms with Gasteiger partial charge in [-0.25, -0.2) is 13.1 Å². The fraction of sp³-hybridized carbons (Fsp3) is 0.571. The number of ether oxygens (including phenoxy) is 1. The molecule has 2 rings (SSSR count). The summed E-state index contributed by atoms with van der Waals surface area (Å²) in [6.07, 6.45) is 0.799. The van der Waals surface area contributed by atoms with Crippen LogP contribution in [-0.4, -0.2) is 59.7 Å². The average molecular weight is 392 g/mol. The minimum Gasteiger partial charge on any atom is -0.497 e. The second kappa shape index (κ2) is 8.26. The van der Waals surface area contributed by atoms with Gasteiger partial charge in [0.05, 0.1) is 12.0 Å². The fourth-order valence-corrected chi connectivity index (χ4v) is 4.48. The Balaban J connectivity index is 1.85. The van der Waals surface area contributed by atoms with Gasteiger partial charge in [0.1, 0.15) is 5.75 Å².